The third-order valence-corrected chi connectivity index (χ3v) is 2.78. The van der Waals surface area contributed by atoms with E-state index in [1.54, 1.807) is 0 Å². The lowest BCUT2D eigenvalue weighted by Crippen LogP contribution is -2.17. The van der Waals surface area contributed by atoms with Crippen molar-refractivity contribution in [3.8, 4) is 5.75 Å². The first kappa shape index (κ1) is 13.9. The fourth-order valence-electron chi connectivity index (χ4n) is 1.55. The van der Waals surface area contributed by atoms with Gasteiger partial charge in [0.15, 0.2) is 11.6 Å². The molecule has 0 aliphatic carbocycles. The molecule has 1 aromatic carbocycles. The smallest absolute Gasteiger partial charge is 0.256 e. The molecule has 2 aromatic rings. The number of anilines is 1. The van der Waals surface area contributed by atoms with Crippen LogP contribution in [0.1, 0.15) is 15.9 Å². The number of hydrogen-bond acceptors (Lipinski definition) is 4. The zero-order valence-corrected chi connectivity index (χ0v) is 11.3. The maximum atomic E-state index is 13.3. The van der Waals surface area contributed by atoms with Crippen molar-refractivity contribution >= 4 is 28.9 Å². The predicted molar refractivity (Wildman–Crippen MR) is 75.4 cm³/mol. The number of hydrogen-bond donors (Lipinski definition) is 3. The molecule has 0 radical (unpaired) electrons. The molecule has 0 unspecified atom stereocenters. The number of thiocarbonyl (C=S) groups is 1. The van der Waals surface area contributed by atoms with Crippen LogP contribution in [-0.4, -0.2) is 28.2 Å². The van der Waals surface area contributed by atoms with E-state index < -0.39 is 11.7 Å². The number of aromatic nitrogens is 2. The lowest BCUT2D eigenvalue weighted by Gasteiger charge is -2.07. The normalized spacial score (nSPS) is 10.1. The number of carbonyl (C=O) groups is 1. The number of methoxy groups -OCH3 is 1. The minimum Gasteiger partial charge on any atom is -0.494 e. The maximum absolute atomic E-state index is 13.3. The van der Waals surface area contributed by atoms with Crippen LogP contribution >= 0.6 is 12.2 Å². The number of nitrogens with one attached hydrogen (secondary N) is 2. The van der Waals surface area contributed by atoms with Crippen molar-refractivity contribution in [3.05, 3.63) is 41.3 Å². The van der Waals surface area contributed by atoms with Crippen molar-refractivity contribution < 1.29 is 13.9 Å². The van der Waals surface area contributed by atoms with Crippen LogP contribution < -0.4 is 15.8 Å². The average Bonchev–Trinajstić information content (AvgIpc) is 2.87. The second kappa shape index (κ2) is 5.66. The average molecular weight is 294 g/mol. The predicted octanol–water partition coefficient (Wildman–Crippen LogP) is 1.44. The highest BCUT2D eigenvalue weighted by Gasteiger charge is 2.14. The molecule has 0 bridgehead atoms. The van der Waals surface area contributed by atoms with Gasteiger partial charge in [0.2, 0.25) is 0 Å². The van der Waals surface area contributed by atoms with Crippen LogP contribution in [0.4, 0.5) is 10.2 Å². The zero-order chi connectivity index (χ0) is 14.7. The number of rotatable bonds is 4. The SMILES string of the molecule is COc1cc(C(=O)Nc2[nH]ncc2C(N)=S)ccc1F. The number of nitrogens with two attached hydrogens (primary N) is 1. The summed E-state index contributed by atoms with van der Waals surface area (Å²) in [6.07, 6.45) is 1.41. The van der Waals surface area contributed by atoms with Crippen LogP contribution in [0, 0.1) is 5.82 Å². The maximum Gasteiger partial charge on any atom is 0.256 e. The first-order chi connectivity index (χ1) is 9.52. The van der Waals surface area contributed by atoms with E-state index in [0.29, 0.717) is 5.56 Å². The molecule has 8 heteroatoms. The van der Waals surface area contributed by atoms with E-state index in [1.807, 2.05) is 0 Å². The molecule has 1 aromatic heterocycles. The van der Waals surface area contributed by atoms with Crippen LogP contribution in [-0.2, 0) is 0 Å². The van der Waals surface area contributed by atoms with Crippen LogP contribution in [0.15, 0.2) is 24.4 Å². The van der Waals surface area contributed by atoms with E-state index in [-0.39, 0.29) is 22.1 Å². The second-order valence-electron chi connectivity index (χ2n) is 3.83. The molecule has 4 N–H and O–H groups in total. The summed E-state index contributed by atoms with van der Waals surface area (Å²) in [5.41, 5.74) is 6.14. The number of carbonyl (C=O) groups excluding carboxylic acids is 1. The number of halogens is 1. The first-order valence-electron chi connectivity index (χ1n) is 5.51. The third kappa shape index (κ3) is 2.75. The van der Waals surface area contributed by atoms with Crippen molar-refractivity contribution in [2.45, 2.75) is 0 Å². The molecule has 0 fully saturated rings. The Morgan fingerprint density at radius 2 is 2.30 bits per heavy atom. The molecule has 0 atom stereocenters. The Kier molecular flexibility index (Phi) is 3.94. The van der Waals surface area contributed by atoms with E-state index >= 15 is 0 Å². The minimum absolute atomic E-state index is 0.0168. The highest BCUT2D eigenvalue weighted by Crippen LogP contribution is 2.19. The molecular formula is C12H11FN4O2S. The molecule has 20 heavy (non-hydrogen) atoms. The Bertz CT molecular complexity index is 671. The van der Waals surface area contributed by atoms with Crippen molar-refractivity contribution in [1.29, 1.82) is 0 Å². The quantitative estimate of drug-likeness (QED) is 0.742. The highest BCUT2D eigenvalue weighted by atomic mass is 32.1. The van der Waals surface area contributed by atoms with Crippen LogP contribution in [0.3, 0.4) is 0 Å². The van der Waals surface area contributed by atoms with Gasteiger partial charge in [0.25, 0.3) is 5.91 Å². The van der Waals surface area contributed by atoms with Gasteiger partial charge in [-0.15, -0.1) is 0 Å². The molecule has 104 valence electrons. The van der Waals surface area contributed by atoms with Crippen molar-refractivity contribution in [1.82, 2.24) is 10.2 Å². The molecule has 1 amide bonds. The standard InChI is InChI=1S/C12H11FN4O2S/c1-19-9-4-6(2-3-8(9)13)12(18)16-11-7(10(14)20)5-15-17-11/h2-5H,1H3,(H2,14,20)(H2,15,16,17,18). The van der Waals surface area contributed by atoms with E-state index in [4.69, 9.17) is 22.7 Å². The summed E-state index contributed by atoms with van der Waals surface area (Å²) in [7, 11) is 1.32. The molecule has 0 saturated heterocycles. The number of ether oxygens (including phenoxy) is 1. The van der Waals surface area contributed by atoms with Crippen molar-refractivity contribution in [2.24, 2.45) is 5.73 Å². The summed E-state index contributed by atoms with van der Waals surface area (Å²) in [4.78, 5) is 12.1. The van der Waals surface area contributed by atoms with Gasteiger partial charge in [-0.1, -0.05) is 12.2 Å². The molecular weight excluding hydrogens is 283 g/mol. The Morgan fingerprint density at radius 1 is 1.55 bits per heavy atom. The summed E-state index contributed by atoms with van der Waals surface area (Å²) in [5, 5.41) is 8.88. The summed E-state index contributed by atoms with van der Waals surface area (Å²) < 4.78 is 18.1. The fourth-order valence-corrected chi connectivity index (χ4v) is 1.71. The Morgan fingerprint density at radius 3 is 2.95 bits per heavy atom. The van der Waals surface area contributed by atoms with Gasteiger partial charge in [-0.25, -0.2) is 4.39 Å². The number of benzene rings is 1. The summed E-state index contributed by atoms with van der Waals surface area (Å²) >= 11 is 4.83. The minimum atomic E-state index is -0.547. The number of aromatic amines is 1. The topological polar surface area (TPSA) is 93.0 Å². The van der Waals surface area contributed by atoms with Gasteiger partial charge >= 0.3 is 0 Å². The lowest BCUT2D eigenvalue weighted by atomic mass is 10.2. The van der Waals surface area contributed by atoms with E-state index in [2.05, 4.69) is 15.5 Å². The van der Waals surface area contributed by atoms with Gasteiger partial charge < -0.3 is 15.8 Å². The van der Waals surface area contributed by atoms with Gasteiger partial charge in [-0.2, -0.15) is 5.10 Å². The fraction of sp³-hybridized carbons (Fsp3) is 0.0833. The van der Waals surface area contributed by atoms with Gasteiger partial charge in [0, 0.05) is 5.56 Å². The molecule has 2 rings (SSSR count). The van der Waals surface area contributed by atoms with E-state index in [0.717, 1.165) is 6.07 Å². The molecule has 0 aliphatic rings. The molecule has 1 heterocycles. The highest BCUT2D eigenvalue weighted by molar-refractivity contribution is 7.80. The Hall–Kier alpha value is -2.48. The summed E-state index contributed by atoms with van der Waals surface area (Å²) in [6.45, 7) is 0. The molecule has 0 aliphatic heterocycles. The lowest BCUT2D eigenvalue weighted by molar-refractivity contribution is 0.102. The van der Waals surface area contributed by atoms with Crippen LogP contribution in [0.5, 0.6) is 5.75 Å². The van der Waals surface area contributed by atoms with Gasteiger partial charge in [0.1, 0.15) is 10.8 Å². The monoisotopic (exact) mass is 294 g/mol. The Balaban J connectivity index is 2.24. The largest absolute Gasteiger partial charge is 0.494 e. The summed E-state index contributed by atoms with van der Waals surface area (Å²) in [6, 6.07) is 3.78. The first-order valence-corrected chi connectivity index (χ1v) is 5.92. The van der Waals surface area contributed by atoms with Gasteiger partial charge in [-0.05, 0) is 18.2 Å². The number of amides is 1. The van der Waals surface area contributed by atoms with E-state index in [9.17, 15) is 9.18 Å². The number of nitrogens with zero attached hydrogens (tertiary/aromatic N) is 1. The second-order valence-corrected chi connectivity index (χ2v) is 4.27. The summed E-state index contributed by atoms with van der Waals surface area (Å²) in [5.74, 6) is -0.748. The Labute approximate surface area is 119 Å². The molecule has 0 saturated carbocycles. The van der Waals surface area contributed by atoms with Crippen molar-refractivity contribution in [3.63, 3.8) is 0 Å². The van der Waals surface area contributed by atoms with Gasteiger partial charge in [0.05, 0.1) is 18.9 Å². The van der Waals surface area contributed by atoms with Gasteiger partial charge in [-0.3, -0.25) is 9.89 Å². The van der Waals surface area contributed by atoms with Crippen LogP contribution in [0.25, 0.3) is 0 Å². The van der Waals surface area contributed by atoms with E-state index in [1.165, 1.54) is 25.4 Å². The van der Waals surface area contributed by atoms with Crippen molar-refractivity contribution in [2.75, 3.05) is 12.4 Å². The third-order valence-electron chi connectivity index (χ3n) is 2.56. The zero-order valence-electron chi connectivity index (χ0n) is 10.4. The molecule has 6 nitrogen and oxygen atoms in total. The molecule has 0 spiro atoms. The van der Waals surface area contributed by atoms with Crippen LogP contribution in [0.2, 0.25) is 0 Å². The number of H-pyrrole nitrogens is 1.